The van der Waals surface area contributed by atoms with Crippen LogP contribution in [0.15, 0.2) is 0 Å². The van der Waals surface area contributed by atoms with Crippen molar-refractivity contribution < 1.29 is 0 Å². The zero-order chi connectivity index (χ0) is 10.6. The van der Waals surface area contributed by atoms with Gasteiger partial charge >= 0.3 is 0 Å². The molecule has 1 saturated heterocycles. The molecule has 1 aliphatic heterocycles. The summed E-state index contributed by atoms with van der Waals surface area (Å²) in [6.07, 6.45) is 0. The molecule has 1 unspecified atom stereocenters. The number of nitrogens with zero attached hydrogens (tertiary/aromatic N) is 1. The highest BCUT2D eigenvalue weighted by Gasteiger charge is 2.27. The van der Waals surface area contributed by atoms with Gasteiger partial charge < -0.3 is 15.5 Å². The fourth-order valence-electron chi connectivity index (χ4n) is 1.97. The van der Waals surface area contributed by atoms with E-state index in [0.717, 1.165) is 13.1 Å². The van der Waals surface area contributed by atoms with Crippen molar-refractivity contribution in [2.24, 2.45) is 5.41 Å². The molecule has 0 saturated carbocycles. The van der Waals surface area contributed by atoms with Crippen LogP contribution in [0.4, 0.5) is 0 Å². The van der Waals surface area contributed by atoms with E-state index in [1.54, 1.807) is 0 Å². The van der Waals surface area contributed by atoms with Crippen LogP contribution in [0.25, 0.3) is 0 Å². The topological polar surface area (TPSA) is 27.3 Å². The third kappa shape index (κ3) is 3.23. The smallest absolute Gasteiger partial charge is 0.0108 e. The van der Waals surface area contributed by atoms with Gasteiger partial charge in [0, 0.05) is 38.8 Å². The van der Waals surface area contributed by atoms with Crippen LogP contribution in [0, 0.1) is 5.41 Å². The Balaban J connectivity index is 2.40. The molecule has 3 nitrogen and oxygen atoms in total. The largest absolute Gasteiger partial charge is 0.317 e. The van der Waals surface area contributed by atoms with Crippen molar-refractivity contribution in [3.8, 4) is 0 Å². The monoisotopic (exact) mass is 199 g/mol. The van der Waals surface area contributed by atoms with Gasteiger partial charge in [-0.15, -0.1) is 0 Å². The number of nitrogens with one attached hydrogen (secondary N) is 2. The quantitative estimate of drug-likeness (QED) is 0.691. The summed E-state index contributed by atoms with van der Waals surface area (Å²) in [4.78, 5) is 2.56. The van der Waals surface area contributed by atoms with Crippen molar-refractivity contribution in [3.63, 3.8) is 0 Å². The van der Waals surface area contributed by atoms with Crippen LogP contribution in [0.3, 0.4) is 0 Å². The Morgan fingerprint density at radius 3 is 2.43 bits per heavy atom. The third-order valence-corrected chi connectivity index (χ3v) is 3.45. The van der Waals surface area contributed by atoms with E-state index in [1.165, 1.54) is 19.6 Å². The molecule has 1 fully saturated rings. The molecule has 1 atom stereocenters. The summed E-state index contributed by atoms with van der Waals surface area (Å²) in [5.41, 5.74) is 0.353. The minimum Gasteiger partial charge on any atom is -0.317 e. The Morgan fingerprint density at radius 2 is 1.93 bits per heavy atom. The highest BCUT2D eigenvalue weighted by molar-refractivity contribution is 4.84. The lowest BCUT2D eigenvalue weighted by molar-refractivity contribution is 0.134. The van der Waals surface area contributed by atoms with E-state index in [4.69, 9.17) is 0 Å². The summed E-state index contributed by atoms with van der Waals surface area (Å²) in [5.74, 6) is 0. The molecule has 0 bridgehead atoms. The zero-order valence-corrected chi connectivity index (χ0v) is 10.1. The van der Waals surface area contributed by atoms with Crippen molar-refractivity contribution in [3.05, 3.63) is 0 Å². The Hall–Kier alpha value is -0.120. The predicted octanol–water partition coefficient (Wildman–Crippen LogP) is 0.526. The molecule has 0 spiro atoms. The van der Waals surface area contributed by atoms with E-state index in [0.29, 0.717) is 11.5 Å². The molecule has 1 aliphatic rings. The van der Waals surface area contributed by atoms with Crippen LogP contribution < -0.4 is 10.6 Å². The average molecular weight is 199 g/mol. The minimum absolute atomic E-state index is 0.353. The van der Waals surface area contributed by atoms with Gasteiger partial charge in [-0.25, -0.2) is 0 Å². The second kappa shape index (κ2) is 5.10. The number of piperazine rings is 1. The fraction of sp³-hybridized carbons (Fsp3) is 1.00. The molecule has 0 aromatic heterocycles. The van der Waals surface area contributed by atoms with Crippen LogP contribution in [0.2, 0.25) is 0 Å². The molecule has 1 rings (SSSR count). The van der Waals surface area contributed by atoms with Crippen LogP contribution in [-0.2, 0) is 0 Å². The van der Waals surface area contributed by atoms with Crippen LogP contribution >= 0.6 is 0 Å². The molecule has 1 heterocycles. The molecule has 0 aromatic carbocycles. The molecule has 0 radical (unpaired) electrons. The van der Waals surface area contributed by atoms with Gasteiger partial charge in [0.05, 0.1) is 0 Å². The number of hydrogen-bond acceptors (Lipinski definition) is 3. The van der Waals surface area contributed by atoms with Gasteiger partial charge in [-0.2, -0.15) is 0 Å². The maximum atomic E-state index is 3.39. The normalized spacial score (nSPS) is 22.3. The lowest BCUT2D eigenvalue weighted by Gasteiger charge is -2.38. The summed E-state index contributed by atoms with van der Waals surface area (Å²) in [6.45, 7) is 12.8. The van der Waals surface area contributed by atoms with Crippen LogP contribution in [0.1, 0.15) is 20.8 Å². The van der Waals surface area contributed by atoms with Crippen LogP contribution in [-0.4, -0.2) is 50.7 Å². The summed E-state index contributed by atoms with van der Waals surface area (Å²) in [5, 5.41) is 6.74. The van der Waals surface area contributed by atoms with Crippen molar-refractivity contribution in [1.82, 2.24) is 15.5 Å². The average Bonchev–Trinajstić information content (AvgIpc) is 2.17. The van der Waals surface area contributed by atoms with E-state index < -0.39 is 0 Å². The van der Waals surface area contributed by atoms with Gasteiger partial charge in [-0.3, -0.25) is 0 Å². The molecule has 0 aromatic rings. The van der Waals surface area contributed by atoms with Gasteiger partial charge in [0.2, 0.25) is 0 Å². The maximum absolute atomic E-state index is 3.39. The van der Waals surface area contributed by atoms with E-state index >= 15 is 0 Å². The van der Waals surface area contributed by atoms with Gasteiger partial charge in [0.25, 0.3) is 0 Å². The predicted molar refractivity (Wildman–Crippen MR) is 61.6 cm³/mol. The van der Waals surface area contributed by atoms with Gasteiger partial charge in [0.15, 0.2) is 0 Å². The van der Waals surface area contributed by atoms with Crippen molar-refractivity contribution >= 4 is 0 Å². The van der Waals surface area contributed by atoms with Crippen molar-refractivity contribution in [2.75, 3.05) is 39.8 Å². The first-order chi connectivity index (χ1) is 6.56. The molecule has 2 N–H and O–H groups in total. The van der Waals surface area contributed by atoms with E-state index in [2.05, 4.69) is 36.3 Å². The molecule has 84 valence electrons. The second-order valence-corrected chi connectivity index (χ2v) is 5.03. The van der Waals surface area contributed by atoms with Crippen LogP contribution in [0.5, 0.6) is 0 Å². The number of hydrogen-bond donors (Lipinski definition) is 2. The summed E-state index contributed by atoms with van der Waals surface area (Å²) < 4.78 is 0. The Bertz CT molecular complexity index is 162. The SMILES string of the molecule is CNC(C)C(C)(C)CN1CCNCC1. The highest BCUT2D eigenvalue weighted by atomic mass is 15.2. The Labute approximate surface area is 88.2 Å². The van der Waals surface area contributed by atoms with Gasteiger partial charge in [0.1, 0.15) is 0 Å². The Kier molecular flexibility index (Phi) is 4.35. The van der Waals surface area contributed by atoms with E-state index in [1.807, 2.05) is 7.05 Å². The van der Waals surface area contributed by atoms with Gasteiger partial charge in [-0.05, 0) is 19.4 Å². The van der Waals surface area contributed by atoms with E-state index in [9.17, 15) is 0 Å². The minimum atomic E-state index is 0.353. The van der Waals surface area contributed by atoms with Gasteiger partial charge in [-0.1, -0.05) is 13.8 Å². The molecule has 0 amide bonds. The Morgan fingerprint density at radius 1 is 1.36 bits per heavy atom. The van der Waals surface area contributed by atoms with Crippen molar-refractivity contribution in [2.45, 2.75) is 26.8 Å². The highest BCUT2D eigenvalue weighted by Crippen LogP contribution is 2.21. The second-order valence-electron chi connectivity index (χ2n) is 5.03. The zero-order valence-electron chi connectivity index (χ0n) is 10.1. The molecule has 0 aliphatic carbocycles. The first kappa shape index (κ1) is 12.0. The summed E-state index contributed by atoms with van der Waals surface area (Å²) >= 11 is 0. The molecule has 14 heavy (non-hydrogen) atoms. The molecular weight excluding hydrogens is 174 g/mol. The third-order valence-electron chi connectivity index (χ3n) is 3.45. The first-order valence-electron chi connectivity index (χ1n) is 5.66. The fourth-order valence-corrected chi connectivity index (χ4v) is 1.97. The summed E-state index contributed by atoms with van der Waals surface area (Å²) in [7, 11) is 2.05. The molecular formula is C11H25N3. The first-order valence-corrected chi connectivity index (χ1v) is 5.66. The van der Waals surface area contributed by atoms with E-state index in [-0.39, 0.29) is 0 Å². The summed E-state index contributed by atoms with van der Waals surface area (Å²) in [6, 6.07) is 0.567. The lowest BCUT2D eigenvalue weighted by Crippen LogP contribution is -2.51. The number of rotatable bonds is 4. The lowest BCUT2D eigenvalue weighted by atomic mass is 9.84. The van der Waals surface area contributed by atoms with Crippen molar-refractivity contribution in [1.29, 1.82) is 0 Å². The standard InChI is InChI=1S/C11H25N3/c1-10(12-4)11(2,3)9-14-7-5-13-6-8-14/h10,12-13H,5-9H2,1-4H3. The molecule has 3 heteroatoms. The maximum Gasteiger partial charge on any atom is 0.0108 e.